The predicted molar refractivity (Wildman–Crippen MR) is 53.6 cm³/mol. The van der Waals surface area contributed by atoms with Gasteiger partial charge in [0, 0.05) is 19.0 Å². The van der Waals surface area contributed by atoms with Gasteiger partial charge in [0.25, 0.3) is 0 Å². The molecular formula is C9H10ClN3. The summed E-state index contributed by atoms with van der Waals surface area (Å²) in [5, 5.41) is 5.83. The van der Waals surface area contributed by atoms with E-state index in [0.717, 1.165) is 21.5 Å². The first-order chi connectivity index (χ1) is 6.24. The molecular weight excluding hydrogens is 186 g/mol. The Kier molecular flexibility index (Phi) is 1.98. The summed E-state index contributed by atoms with van der Waals surface area (Å²) in [6, 6.07) is 3.79. The van der Waals surface area contributed by atoms with Gasteiger partial charge in [-0.1, -0.05) is 17.7 Å². The summed E-state index contributed by atoms with van der Waals surface area (Å²) >= 11 is 6.01. The molecule has 0 atom stereocenters. The van der Waals surface area contributed by atoms with Crippen molar-refractivity contribution in [2.24, 2.45) is 12.8 Å². The molecule has 0 aliphatic heterocycles. The molecule has 1 aromatic carbocycles. The molecule has 2 N–H and O–H groups in total. The van der Waals surface area contributed by atoms with Gasteiger partial charge in [-0.05, 0) is 11.6 Å². The number of halogens is 1. The molecule has 0 radical (unpaired) electrons. The Labute approximate surface area is 81.1 Å². The van der Waals surface area contributed by atoms with Gasteiger partial charge in [-0.3, -0.25) is 4.68 Å². The Morgan fingerprint density at radius 1 is 1.54 bits per heavy atom. The number of rotatable bonds is 1. The van der Waals surface area contributed by atoms with E-state index in [9.17, 15) is 0 Å². The molecule has 3 nitrogen and oxygen atoms in total. The van der Waals surface area contributed by atoms with E-state index in [1.54, 1.807) is 10.9 Å². The molecule has 1 heterocycles. The lowest BCUT2D eigenvalue weighted by molar-refractivity contribution is 0.791. The molecule has 0 aliphatic rings. The van der Waals surface area contributed by atoms with E-state index in [2.05, 4.69) is 5.10 Å². The molecule has 0 aliphatic carbocycles. The van der Waals surface area contributed by atoms with Gasteiger partial charge in [-0.15, -0.1) is 0 Å². The fraction of sp³-hybridized carbons (Fsp3) is 0.222. The van der Waals surface area contributed by atoms with Crippen LogP contribution < -0.4 is 5.73 Å². The number of aromatic nitrogens is 2. The second-order valence-electron chi connectivity index (χ2n) is 2.94. The van der Waals surface area contributed by atoms with Crippen LogP contribution in [0.5, 0.6) is 0 Å². The zero-order valence-electron chi connectivity index (χ0n) is 7.29. The maximum absolute atomic E-state index is 6.01. The lowest BCUT2D eigenvalue weighted by atomic mass is 10.1. The summed E-state index contributed by atoms with van der Waals surface area (Å²) in [6.45, 7) is 0.507. The largest absolute Gasteiger partial charge is 0.326 e. The van der Waals surface area contributed by atoms with Crippen molar-refractivity contribution in [3.63, 3.8) is 0 Å². The number of hydrogen-bond acceptors (Lipinski definition) is 2. The van der Waals surface area contributed by atoms with Crippen LogP contribution in [-0.4, -0.2) is 9.78 Å². The highest BCUT2D eigenvalue weighted by Gasteiger charge is 2.07. The monoisotopic (exact) mass is 195 g/mol. The molecule has 2 aromatic rings. The van der Waals surface area contributed by atoms with Crippen LogP contribution in [0.1, 0.15) is 5.56 Å². The van der Waals surface area contributed by atoms with Gasteiger partial charge < -0.3 is 5.73 Å². The quantitative estimate of drug-likeness (QED) is 0.753. The summed E-state index contributed by atoms with van der Waals surface area (Å²) < 4.78 is 1.80. The van der Waals surface area contributed by atoms with Crippen molar-refractivity contribution in [1.29, 1.82) is 0 Å². The second-order valence-corrected chi connectivity index (χ2v) is 3.35. The first-order valence-electron chi connectivity index (χ1n) is 4.03. The number of aryl methyl sites for hydroxylation is 1. The molecule has 1 aromatic heterocycles. The molecule has 0 saturated heterocycles. The van der Waals surface area contributed by atoms with E-state index >= 15 is 0 Å². The third kappa shape index (κ3) is 1.20. The smallest absolute Gasteiger partial charge is 0.0738 e. The number of nitrogens with zero attached hydrogens (tertiary/aromatic N) is 2. The highest BCUT2D eigenvalue weighted by Crippen LogP contribution is 2.25. The normalized spacial score (nSPS) is 11.0. The maximum atomic E-state index is 6.01. The van der Waals surface area contributed by atoms with Crippen LogP contribution in [0.15, 0.2) is 18.3 Å². The third-order valence-corrected chi connectivity index (χ3v) is 2.48. The Bertz CT molecular complexity index is 447. The minimum absolute atomic E-state index is 0.507. The SMILES string of the molecule is Cn1ncc2c(Cl)ccc(CN)c21. The molecule has 2 rings (SSSR count). The number of benzene rings is 1. The van der Waals surface area contributed by atoms with Gasteiger partial charge in [0.2, 0.25) is 0 Å². The van der Waals surface area contributed by atoms with Crippen LogP contribution in [0.2, 0.25) is 5.02 Å². The summed E-state index contributed by atoms with van der Waals surface area (Å²) in [7, 11) is 1.89. The van der Waals surface area contributed by atoms with Crippen LogP contribution in [0.3, 0.4) is 0 Å². The lowest BCUT2D eigenvalue weighted by Gasteiger charge is -2.02. The highest BCUT2D eigenvalue weighted by molar-refractivity contribution is 6.35. The minimum atomic E-state index is 0.507. The van der Waals surface area contributed by atoms with Gasteiger partial charge >= 0.3 is 0 Å². The van der Waals surface area contributed by atoms with Crippen molar-refractivity contribution in [2.75, 3.05) is 0 Å². The molecule has 0 saturated carbocycles. The molecule has 0 fully saturated rings. The van der Waals surface area contributed by atoms with E-state index in [-0.39, 0.29) is 0 Å². The Balaban J connectivity index is 2.88. The summed E-state index contributed by atoms with van der Waals surface area (Å²) in [6.07, 6.45) is 1.76. The van der Waals surface area contributed by atoms with Gasteiger partial charge in [0.1, 0.15) is 0 Å². The molecule has 4 heteroatoms. The van der Waals surface area contributed by atoms with Gasteiger partial charge in [0.05, 0.1) is 16.7 Å². The van der Waals surface area contributed by atoms with Crippen molar-refractivity contribution in [3.05, 3.63) is 28.9 Å². The van der Waals surface area contributed by atoms with Crippen molar-refractivity contribution in [1.82, 2.24) is 9.78 Å². The van der Waals surface area contributed by atoms with Gasteiger partial charge in [-0.2, -0.15) is 5.10 Å². The molecule has 0 bridgehead atoms. The van der Waals surface area contributed by atoms with Crippen molar-refractivity contribution >= 4 is 22.5 Å². The predicted octanol–water partition coefficient (Wildman–Crippen LogP) is 1.69. The van der Waals surface area contributed by atoms with E-state index in [1.165, 1.54) is 0 Å². The van der Waals surface area contributed by atoms with Crippen molar-refractivity contribution in [2.45, 2.75) is 6.54 Å². The first kappa shape index (κ1) is 8.53. The Morgan fingerprint density at radius 2 is 2.31 bits per heavy atom. The molecule has 13 heavy (non-hydrogen) atoms. The molecule has 0 unspecified atom stereocenters. The van der Waals surface area contributed by atoms with Crippen LogP contribution >= 0.6 is 11.6 Å². The Morgan fingerprint density at radius 3 is 3.00 bits per heavy atom. The van der Waals surface area contributed by atoms with Crippen LogP contribution in [0, 0.1) is 0 Å². The minimum Gasteiger partial charge on any atom is -0.326 e. The van der Waals surface area contributed by atoms with E-state index in [4.69, 9.17) is 17.3 Å². The topological polar surface area (TPSA) is 43.8 Å². The van der Waals surface area contributed by atoms with E-state index < -0.39 is 0 Å². The average Bonchev–Trinajstić information content (AvgIpc) is 2.51. The zero-order chi connectivity index (χ0) is 9.42. The number of nitrogens with two attached hydrogens (primary N) is 1. The first-order valence-corrected chi connectivity index (χ1v) is 4.41. The van der Waals surface area contributed by atoms with E-state index in [0.29, 0.717) is 6.54 Å². The van der Waals surface area contributed by atoms with Crippen LogP contribution in [-0.2, 0) is 13.6 Å². The fourth-order valence-corrected chi connectivity index (χ4v) is 1.70. The molecule has 68 valence electrons. The number of fused-ring (bicyclic) bond motifs is 1. The third-order valence-electron chi connectivity index (χ3n) is 2.15. The fourth-order valence-electron chi connectivity index (χ4n) is 1.50. The standard InChI is InChI=1S/C9H10ClN3/c1-13-9-6(4-11)2-3-8(10)7(9)5-12-13/h2-3,5H,4,11H2,1H3. The summed E-state index contributed by atoms with van der Waals surface area (Å²) in [5.74, 6) is 0. The molecule has 0 amide bonds. The van der Waals surface area contributed by atoms with Crippen molar-refractivity contribution < 1.29 is 0 Å². The Hall–Kier alpha value is -1.06. The summed E-state index contributed by atoms with van der Waals surface area (Å²) in [5.41, 5.74) is 7.70. The van der Waals surface area contributed by atoms with Gasteiger partial charge in [0.15, 0.2) is 0 Å². The highest BCUT2D eigenvalue weighted by atomic mass is 35.5. The van der Waals surface area contributed by atoms with Crippen molar-refractivity contribution in [3.8, 4) is 0 Å². The van der Waals surface area contributed by atoms with E-state index in [1.807, 2.05) is 19.2 Å². The second kappa shape index (κ2) is 3.01. The zero-order valence-corrected chi connectivity index (χ0v) is 8.04. The maximum Gasteiger partial charge on any atom is 0.0738 e. The summed E-state index contributed by atoms with van der Waals surface area (Å²) in [4.78, 5) is 0. The van der Waals surface area contributed by atoms with Crippen LogP contribution in [0.25, 0.3) is 10.9 Å². The lowest BCUT2D eigenvalue weighted by Crippen LogP contribution is -2.00. The van der Waals surface area contributed by atoms with Crippen LogP contribution in [0.4, 0.5) is 0 Å². The average molecular weight is 196 g/mol. The molecule has 0 spiro atoms. The van der Waals surface area contributed by atoms with Gasteiger partial charge in [-0.25, -0.2) is 0 Å². The number of hydrogen-bond donors (Lipinski definition) is 1.